The summed E-state index contributed by atoms with van der Waals surface area (Å²) in [4.78, 5) is 2.44. The lowest BCUT2D eigenvalue weighted by Gasteiger charge is -2.24. The zero-order valence-corrected chi connectivity index (χ0v) is 13.2. The average Bonchev–Trinajstić information content (AvgIpc) is 3.10. The molecule has 0 saturated carbocycles. The molecule has 3 rings (SSSR count). The normalized spacial score (nSPS) is 19.0. The van der Waals surface area contributed by atoms with E-state index in [1.807, 2.05) is 28.4 Å². The number of hydrogen-bond donors (Lipinski definition) is 0. The van der Waals surface area contributed by atoms with E-state index in [0.717, 1.165) is 23.7 Å². The van der Waals surface area contributed by atoms with Crippen LogP contribution in [0, 0.1) is 4.77 Å². The Balaban J connectivity index is 1.78. The van der Waals surface area contributed by atoms with E-state index in [2.05, 4.69) is 22.1 Å². The summed E-state index contributed by atoms with van der Waals surface area (Å²) in [6, 6.07) is 8.79. The number of rotatable bonds is 4. The number of aromatic nitrogens is 3. The number of hydrogen-bond acceptors (Lipinski definition) is 4. The molecule has 1 aliphatic rings. The first kappa shape index (κ1) is 14.3. The molecule has 1 saturated heterocycles. The minimum absolute atomic E-state index is 0.430. The minimum atomic E-state index is 0.430. The summed E-state index contributed by atoms with van der Waals surface area (Å²) in [6.45, 7) is 1.82. The molecule has 1 aliphatic heterocycles. The quantitative estimate of drug-likeness (QED) is 0.814. The number of likely N-dealkylation sites (tertiary alicyclic amines) is 1. The monoisotopic (exact) mass is 304 g/mol. The Hall–Kier alpha value is -1.66. The third-order valence-electron chi connectivity index (χ3n) is 4.07. The van der Waals surface area contributed by atoms with Crippen LogP contribution in [0.3, 0.4) is 0 Å². The molecular weight excluding hydrogens is 284 g/mol. The SMILES string of the molecule is COc1ccc(C2CCCN2Cn2ncn(C)c2=S)cc1. The highest BCUT2D eigenvalue weighted by atomic mass is 32.1. The molecule has 0 aliphatic carbocycles. The molecule has 2 heterocycles. The second-order valence-corrected chi connectivity index (χ2v) is 5.77. The smallest absolute Gasteiger partial charge is 0.198 e. The van der Waals surface area contributed by atoms with Crippen LogP contribution in [-0.2, 0) is 13.7 Å². The molecule has 0 N–H and O–H groups in total. The van der Waals surface area contributed by atoms with Gasteiger partial charge in [-0.25, -0.2) is 4.68 Å². The molecule has 112 valence electrons. The van der Waals surface area contributed by atoms with Gasteiger partial charge in [-0.1, -0.05) is 12.1 Å². The fraction of sp³-hybridized carbons (Fsp3) is 0.467. The Morgan fingerprint density at radius 3 is 2.71 bits per heavy atom. The predicted molar refractivity (Wildman–Crippen MR) is 83.7 cm³/mol. The third-order valence-corrected chi connectivity index (χ3v) is 4.57. The molecule has 2 aromatic rings. The zero-order valence-electron chi connectivity index (χ0n) is 12.4. The van der Waals surface area contributed by atoms with Crippen LogP contribution in [0.25, 0.3) is 0 Å². The van der Waals surface area contributed by atoms with Gasteiger partial charge in [0.1, 0.15) is 12.1 Å². The highest BCUT2D eigenvalue weighted by molar-refractivity contribution is 7.71. The lowest BCUT2D eigenvalue weighted by molar-refractivity contribution is 0.189. The Kier molecular flexibility index (Phi) is 4.07. The maximum atomic E-state index is 5.37. The van der Waals surface area contributed by atoms with Crippen molar-refractivity contribution in [3.8, 4) is 5.75 Å². The first-order valence-corrected chi connectivity index (χ1v) is 7.56. The van der Waals surface area contributed by atoms with Crippen LogP contribution in [0.15, 0.2) is 30.6 Å². The van der Waals surface area contributed by atoms with Crippen molar-refractivity contribution in [1.82, 2.24) is 19.2 Å². The molecule has 1 fully saturated rings. The molecule has 1 atom stereocenters. The maximum absolute atomic E-state index is 5.37. The Labute approximate surface area is 129 Å². The van der Waals surface area contributed by atoms with E-state index in [1.165, 1.54) is 18.4 Å². The lowest BCUT2D eigenvalue weighted by Crippen LogP contribution is -2.27. The van der Waals surface area contributed by atoms with Crippen molar-refractivity contribution in [1.29, 1.82) is 0 Å². The molecule has 1 aromatic heterocycles. The summed E-state index contributed by atoms with van der Waals surface area (Å²) in [5.41, 5.74) is 1.33. The molecule has 6 heteroatoms. The van der Waals surface area contributed by atoms with Gasteiger partial charge >= 0.3 is 0 Å². The van der Waals surface area contributed by atoms with Gasteiger partial charge in [-0.3, -0.25) is 4.90 Å². The van der Waals surface area contributed by atoms with Gasteiger partial charge in [0.15, 0.2) is 4.77 Å². The Morgan fingerprint density at radius 1 is 1.33 bits per heavy atom. The fourth-order valence-corrected chi connectivity index (χ4v) is 3.04. The standard InChI is InChI=1S/C15H20N4OS/c1-17-10-16-19(15(17)21)11-18-9-3-4-14(18)12-5-7-13(20-2)8-6-12/h5-8,10,14H,3-4,9,11H2,1-2H3. The van der Waals surface area contributed by atoms with Crippen molar-refractivity contribution >= 4 is 12.2 Å². The van der Waals surface area contributed by atoms with Gasteiger partial charge in [0.05, 0.1) is 13.8 Å². The molecule has 0 spiro atoms. The summed E-state index contributed by atoms with van der Waals surface area (Å²) >= 11 is 5.37. The van der Waals surface area contributed by atoms with Gasteiger partial charge in [-0.15, -0.1) is 0 Å². The molecule has 21 heavy (non-hydrogen) atoms. The summed E-state index contributed by atoms with van der Waals surface area (Å²) in [7, 11) is 3.62. The average molecular weight is 304 g/mol. The van der Waals surface area contributed by atoms with Crippen LogP contribution < -0.4 is 4.74 Å². The molecule has 0 amide bonds. The molecule has 5 nitrogen and oxygen atoms in total. The van der Waals surface area contributed by atoms with Crippen molar-refractivity contribution in [3.05, 3.63) is 40.9 Å². The number of nitrogens with zero attached hydrogens (tertiary/aromatic N) is 4. The summed E-state index contributed by atoms with van der Waals surface area (Å²) < 4.78 is 9.74. The van der Waals surface area contributed by atoms with Gasteiger partial charge in [0, 0.05) is 19.6 Å². The van der Waals surface area contributed by atoms with E-state index >= 15 is 0 Å². The summed E-state index contributed by atoms with van der Waals surface area (Å²) in [5, 5.41) is 4.35. The summed E-state index contributed by atoms with van der Waals surface area (Å²) in [5.74, 6) is 0.898. The van der Waals surface area contributed by atoms with Gasteiger partial charge in [-0.2, -0.15) is 5.10 Å². The van der Waals surface area contributed by atoms with E-state index in [1.54, 1.807) is 13.4 Å². The van der Waals surface area contributed by atoms with Gasteiger partial charge < -0.3 is 9.30 Å². The van der Waals surface area contributed by atoms with Crippen LogP contribution >= 0.6 is 12.2 Å². The molecule has 0 bridgehead atoms. The predicted octanol–water partition coefficient (Wildman–Crippen LogP) is 2.75. The molecule has 1 unspecified atom stereocenters. The number of ether oxygens (including phenoxy) is 1. The topological polar surface area (TPSA) is 35.2 Å². The fourth-order valence-electron chi connectivity index (χ4n) is 2.89. The molecule has 0 radical (unpaired) electrons. The highest BCUT2D eigenvalue weighted by Gasteiger charge is 2.26. The van der Waals surface area contributed by atoms with Crippen LogP contribution in [0.1, 0.15) is 24.4 Å². The Morgan fingerprint density at radius 2 is 2.10 bits per heavy atom. The minimum Gasteiger partial charge on any atom is -0.497 e. The summed E-state index contributed by atoms with van der Waals surface area (Å²) in [6.07, 6.45) is 4.14. The van der Waals surface area contributed by atoms with Crippen molar-refractivity contribution in [2.24, 2.45) is 7.05 Å². The van der Waals surface area contributed by atoms with Crippen molar-refractivity contribution < 1.29 is 4.74 Å². The van der Waals surface area contributed by atoms with Crippen molar-refractivity contribution in [2.75, 3.05) is 13.7 Å². The number of aryl methyl sites for hydroxylation is 1. The molecule has 1 aromatic carbocycles. The van der Waals surface area contributed by atoms with E-state index in [0.29, 0.717) is 6.04 Å². The zero-order chi connectivity index (χ0) is 14.8. The van der Waals surface area contributed by atoms with Gasteiger partial charge in [0.25, 0.3) is 0 Å². The largest absolute Gasteiger partial charge is 0.497 e. The van der Waals surface area contributed by atoms with E-state index in [9.17, 15) is 0 Å². The van der Waals surface area contributed by atoms with Crippen LogP contribution in [0.5, 0.6) is 5.75 Å². The highest BCUT2D eigenvalue weighted by Crippen LogP contribution is 2.32. The third kappa shape index (κ3) is 2.87. The van der Waals surface area contributed by atoms with Crippen LogP contribution in [0.4, 0.5) is 0 Å². The van der Waals surface area contributed by atoms with Gasteiger partial charge in [0.2, 0.25) is 0 Å². The Bertz CT molecular complexity index is 661. The number of methoxy groups -OCH3 is 1. The first-order chi connectivity index (χ1) is 10.2. The van der Waals surface area contributed by atoms with Crippen molar-refractivity contribution in [3.63, 3.8) is 0 Å². The van der Waals surface area contributed by atoms with E-state index in [4.69, 9.17) is 17.0 Å². The lowest BCUT2D eigenvalue weighted by atomic mass is 10.0. The van der Waals surface area contributed by atoms with Crippen LogP contribution in [-0.4, -0.2) is 32.9 Å². The number of benzene rings is 1. The maximum Gasteiger partial charge on any atom is 0.198 e. The van der Waals surface area contributed by atoms with E-state index in [-0.39, 0.29) is 0 Å². The van der Waals surface area contributed by atoms with Crippen molar-refractivity contribution in [2.45, 2.75) is 25.6 Å². The van der Waals surface area contributed by atoms with Gasteiger partial charge in [-0.05, 0) is 42.8 Å². The second kappa shape index (κ2) is 5.99. The molecular formula is C15H20N4OS. The van der Waals surface area contributed by atoms with E-state index < -0.39 is 0 Å². The second-order valence-electron chi connectivity index (χ2n) is 5.41. The van der Waals surface area contributed by atoms with Crippen LogP contribution in [0.2, 0.25) is 0 Å². The first-order valence-electron chi connectivity index (χ1n) is 7.15.